The minimum Gasteiger partial charge on any atom is -0.497 e. The summed E-state index contributed by atoms with van der Waals surface area (Å²) in [6, 6.07) is 12.2. The van der Waals surface area contributed by atoms with E-state index >= 15 is 0 Å². The van der Waals surface area contributed by atoms with Crippen molar-refractivity contribution >= 4 is 5.82 Å². The Hall–Kier alpha value is -2.34. The summed E-state index contributed by atoms with van der Waals surface area (Å²) in [5.41, 5.74) is 0. The smallest absolute Gasteiger partial charge is 0.151 e. The molecule has 6 heteroatoms. The number of benzene rings is 1. The van der Waals surface area contributed by atoms with Crippen LogP contribution in [0.2, 0.25) is 0 Å². The third kappa shape index (κ3) is 5.32. The highest BCUT2D eigenvalue weighted by Crippen LogP contribution is 2.18. The first-order valence-electron chi connectivity index (χ1n) is 8.88. The Labute approximate surface area is 149 Å². The first-order chi connectivity index (χ1) is 12.3. The number of aromatic nitrogens is 2. The van der Waals surface area contributed by atoms with Gasteiger partial charge in [-0.15, -0.1) is 5.10 Å². The lowest BCUT2D eigenvalue weighted by Crippen LogP contribution is -2.46. The summed E-state index contributed by atoms with van der Waals surface area (Å²) in [4.78, 5) is 2.31. The summed E-state index contributed by atoms with van der Waals surface area (Å²) in [6.45, 7) is 3.70. The molecule has 1 fully saturated rings. The quantitative estimate of drug-likeness (QED) is 0.744. The second-order valence-electron chi connectivity index (χ2n) is 6.20. The van der Waals surface area contributed by atoms with Crippen molar-refractivity contribution < 1.29 is 9.47 Å². The van der Waals surface area contributed by atoms with E-state index in [-0.39, 0.29) is 0 Å². The van der Waals surface area contributed by atoms with Crippen molar-refractivity contribution in [3.63, 3.8) is 0 Å². The lowest BCUT2D eigenvalue weighted by molar-refractivity contribution is 0.301. The number of methoxy groups -OCH3 is 1. The van der Waals surface area contributed by atoms with Gasteiger partial charge in [0.2, 0.25) is 0 Å². The van der Waals surface area contributed by atoms with Gasteiger partial charge in [0.05, 0.1) is 13.7 Å². The molecule has 0 spiro atoms. The normalized spacial score (nSPS) is 17.3. The lowest BCUT2D eigenvalue weighted by atomic mass is 10.1. The van der Waals surface area contributed by atoms with Crippen LogP contribution in [0.5, 0.6) is 11.5 Å². The summed E-state index contributed by atoms with van der Waals surface area (Å²) >= 11 is 0. The monoisotopic (exact) mass is 342 g/mol. The van der Waals surface area contributed by atoms with Crippen LogP contribution in [0.15, 0.2) is 42.6 Å². The van der Waals surface area contributed by atoms with Crippen LogP contribution < -0.4 is 19.7 Å². The molecule has 6 nitrogen and oxygen atoms in total. The van der Waals surface area contributed by atoms with Crippen LogP contribution in [0, 0.1) is 0 Å². The molecule has 2 heterocycles. The molecule has 1 unspecified atom stereocenters. The Morgan fingerprint density at radius 3 is 2.80 bits per heavy atom. The third-order valence-electron chi connectivity index (χ3n) is 4.39. The van der Waals surface area contributed by atoms with Crippen LogP contribution in [0.4, 0.5) is 5.82 Å². The topological polar surface area (TPSA) is 59.5 Å². The number of hydrogen-bond acceptors (Lipinski definition) is 6. The van der Waals surface area contributed by atoms with Crippen LogP contribution in [-0.4, -0.2) is 49.6 Å². The van der Waals surface area contributed by atoms with Gasteiger partial charge in [0.1, 0.15) is 11.5 Å². The molecule has 3 rings (SSSR count). The Morgan fingerprint density at radius 2 is 2.04 bits per heavy atom. The number of hydrogen-bond donors (Lipinski definition) is 1. The maximum Gasteiger partial charge on any atom is 0.151 e. The average molecular weight is 342 g/mol. The molecule has 0 amide bonds. The van der Waals surface area contributed by atoms with E-state index in [2.05, 4.69) is 20.4 Å². The highest BCUT2D eigenvalue weighted by Gasteiger charge is 2.20. The molecule has 25 heavy (non-hydrogen) atoms. The van der Waals surface area contributed by atoms with Crippen LogP contribution >= 0.6 is 0 Å². The van der Waals surface area contributed by atoms with Crippen molar-refractivity contribution in [1.82, 2.24) is 15.5 Å². The predicted molar refractivity (Wildman–Crippen MR) is 98.4 cm³/mol. The van der Waals surface area contributed by atoms with Crippen molar-refractivity contribution in [1.29, 1.82) is 0 Å². The number of ether oxygens (including phenoxy) is 2. The fourth-order valence-electron chi connectivity index (χ4n) is 3.05. The zero-order valence-corrected chi connectivity index (χ0v) is 14.7. The van der Waals surface area contributed by atoms with Gasteiger partial charge < -0.3 is 19.7 Å². The fraction of sp³-hybridized carbons (Fsp3) is 0.474. The standard InChI is InChI=1S/C19H26N4O2/c1-24-17-7-9-18(10-8-17)25-14-4-11-20-16-5-3-13-23(15-16)19-6-2-12-21-22-19/h2,6-10,12,16,20H,3-5,11,13-15H2,1H3. The second kappa shape index (κ2) is 9.22. The van der Waals surface area contributed by atoms with E-state index in [0.717, 1.165) is 43.4 Å². The van der Waals surface area contributed by atoms with Crippen LogP contribution in [0.25, 0.3) is 0 Å². The maximum atomic E-state index is 5.76. The lowest BCUT2D eigenvalue weighted by Gasteiger charge is -2.33. The average Bonchev–Trinajstić information content (AvgIpc) is 2.69. The summed E-state index contributed by atoms with van der Waals surface area (Å²) in [5, 5.41) is 11.8. The highest BCUT2D eigenvalue weighted by molar-refractivity contribution is 5.37. The predicted octanol–water partition coefficient (Wildman–Crippen LogP) is 2.51. The molecule has 134 valence electrons. The van der Waals surface area contributed by atoms with E-state index in [1.807, 2.05) is 36.4 Å². The Morgan fingerprint density at radius 1 is 1.20 bits per heavy atom. The summed E-state index contributed by atoms with van der Waals surface area (Å²) in [7, 11) is 1.66. The summed E-state index contributed by atoms with van der Waals surface area (Å²) in [5.74, 6) is 2.70. The second-order valence-corrected chi connectivity index (χ2v) is 6.20. The first-order valence-corrected chi connectivity index (χ1v) is 8.88. The van der Waals surface area contributed by atoms with Crippen molar-refractivity contribution in [2.45, 2.75) is 25.3 Å². The fourth-order valence-corrected chi connectivity index (χ4v) is 3.05. The van der Waals surface area contributed by atoms with E-state index in [1.165, 1.54) is 12.8 Å². The minimum absolute atomic E-state index is 0.497. The molecule has 1 aliphatic rings. The molecule has 1 aromatic carbocycles. The van der Waals surface area contributed by atoms with Gasteiger partial charge in [-0.25, -0.2) is 0 Å². The number of nitrogens with zero attached hydrogens (tertiary/aromatic N) is 3. The van der Waals surface area contributed by atoms with Crippen molar-refractivity contribution in [3.05, 3.63) is 42.6 Å². The Kier molecular flexibility index (Phi) is 6.45. The largest absolute Gasteiger partial charge is 0.497 e. The van der Waals surface area contributed by atoms with Gasteiger partial charge >= 0.3 is 0 Å². The van der Waals surface area contributed by atoms with Gasteiger partial charge in [-0.2, -0.15) is 5.10 Å². The van der Waals surface area contributed by atoms with E-state index < -0.39 is 0 Å². The molecular weight excluding hydrogens is 316 g/mol. The van der Waals surface area contributed by atoms with Gasteiger partial charge in [0.15, 0.2) is 5.82 Å². The van der Waals surface area contributed by atoms with Crippen LogP contribution in [0.1, 0.15) is 19.3 Å². The molecule has 1 atom stereocenters. The van der Waals surface area contributed by atoms with Gasteiger partial charge in [-0.3, -0.25) is 0 Å². The van der Waals surface area contributed by atoms with Gasteiger partial charge in [-0.05, 0) is 62.2 Å². The molecule has 1 N–H and O–H groups in total. The third-order valence-corrected chi connectivity index (χ3v) is 4.39. The van der Waals surface area contributed by atoms with E-state index in [9.17, 15) is 0 Å². The van der Waals surface area contributed by atoms with Crippen molar-refractivity contribution in [2.24, 2.45) is 0 Å². The van der Waals surface area contributed by atoms with Crippen molar-refractivity contribution in [3.8, 4) is 11.5 Å². The van der Waals surface area contributed by atoms with Crippen LogP contribution in [0.3, 0.4) is 0 Å². The Balaban J connectivity index is 1.34. The minimum atomic E-state index is 0.497. The molecular formula is C19H26N4O2. The summed E-state index contributed by atoms with van der Waals surface area (Å²) in [6.07, 6.45) is 5.08. The molecule has 2 aromatic rings. The molecule has 1 aromatic heterocycles. The first kappa shape index (κ1) is 17.5. The van der Waals surface area contributed by atoms with Crippen molar-refractivity contribution in [2.75, 3.05) is 38.3 Å². The maximum absolute atomic E-state index is 5.76. The van der Waals surface area contributed by atoms with E-state index in [4.69, 9.17) is 9.47 Å². The highest BCUT2D eigenvalue weighted by atomic mass is 16.5. The molecule has 1 aliphatic heterocycles. The zero-order valence-electron chi connectivity index (χ0n) is 14.7. The van der Waals surface area contributed by atoms with E-state index in [0.29, 0.717) is 12.6 Å². The molecule has 0 bridgehead atoms. The molecule has 0 saturated carbocycles. The molecule has 0 aliphatic carbocycles. The number of rotatable bonds is 8. The van der Waals surface area contributed by atoms with Crippen LogP contribution in [-0.2, 0) is 0 Å². The number of piperidine rings is 1. The summed E-state index contributed by atoms with van der Waals surface area (Å²) < 4.78 is 10.9. The molecule has 0 radical (unpaired) electrons. The number of nitrogens with one attached hydrogen (secondary N) is 1. The Bertz CT molecular complexity index is 621. The SMILES string of the molecule is COc1ccc(OCCCNC2CCCN(c3cccnn3)C2)cc1. The van der Waals surface area contributed by atoms with E-state index in [1.54, 1.807) is 13.3 Å². The number of anilines is 1. The molecule has 1 saturated heterocycles. The zero-order chi connectivity index (χ0) is 17.3. The van der Waals surface area contributed by atoms with Gasteiger partial charge in [-0.1, -0.05) is 0 Å². The van der Waals surface area contributed by atoms with Gasteiger partial charge in [0.25, 0.3) is 0 Å². The van der Waals surface area contributed by atoms with Gasteiger partial charge in [0, 0.05) is 25.3 Å².